The lowest BCUT2D eigenvalue weighted by molar-refractivity contribution is 0.0696. The van der Waals surface area contributed by atoms with E-state index in [1.807, 2.05) is 24.3 Å². The van der Waals surface area contributed by atoms with Crippen LogP contribution in [0.25, 0.3) is 0 Å². The number of carbonyl (C=O) groups is 1. The minimum Gasteiger partial charge on any atom is -0.497 e. The second-order valence-electron chi connectivity index (χ2n) is 4.08. The van der Waals surface area contributed by atoms with Crippen molar-refractivity contribution in [1.82, 2.24) is 0 Å². The summed E-state index contributed by atoms with van der Waals surface area (Å²) >= 11 is 5.79. The van der Waals surface area contributed by atoms with E-state index in [0.29, 0.717) is 12.4 Å². The lowest BCUT2D eigenvalue weighted by Gasteiger charge is -2.08. The summed E-state index contributed by atoms with van der Waals surface area (Å²) in [5.41, 5.74) is 0.983. The van der Waals surface area contributed by atoms with Crippen molar-refractivity contribution in [3.8, 4) is 11.5 Å². The van der Waals surface area contributed by atoms with Crippen molar-refractivity contribution in [2.75, 3.05) is 7.11 Å². The Balaban J connectivity index is 2.06. The van der Waals surface area contributed by atoms with E-state index in [0.717, 1.165) is 11.3 Å². The van der Waals surface area contributed by atoms with Crippen molar-refractivity contribution in [2.24, 2.45) is 0 Å². The van der Waals surface area contributed by atoms with Gasteiger partial charge in [0.2, 0.25) is 0 Å². The highest BCUT2D eigenvalue weighted by Gasteiger charge is 2.10. The summed E-state index contributed by atoms with van der Waals surface area (Å²) in [7, 11) is 1.60. The standard InChI is InChI=1S/C15H13ClO4/c1-19-11-4-2-10(3-5-11)9-20-12-6-7-14(16)13(8-12)15(17)18/h2-8H,9H2,1H3,(H,17,18). The quantitative estimate of drug-likeness (QED) is 0.914. The zero-order valence-corrected chi connectivity index (χ0v) is 11.6. The Bertz CT molecular complexity index is 608. The molecule has 0 bridgehead atoms. The summed E-state index contributed by atoms with van der Waals surface area (Å²) < 4.78 is 10.6. The van der Waals surface area contributed by atoms with Gasteiger partial charge in [-0.3, -0.25) is 0 Å². The summed E-state index contributed by atoms with van der Waals surface area (Å²) in [6.45, 7) is 0.338. The maximum absolute atomic E-state index is 11.0. The first kappa shape index (κ1) is 14.2. The number of carboxylic acids is 1. The van der Waals surface area contributed by atoms with Gasteiger partial charge in [0, 0.05) is 0 Å². The van der Waals surface area contributed by atoms with Gasteiger partial charge in [-0.2, -0.15) is 0 Å². The normalized spacial score (nSPS) is 10.1. The fourth-order valence-corrected chi connectivity index (χ4v) is 1.84. The van der Waals surface area contributed by atoms with Gasteiger partial charge in [0.25, 0.3) is 0 Å². The molecule has 20 heavy (non-hydrogen) atoms. The van der Waals surface area contributed by atoms with E-state index in [9.17, 15) is 4.79 Å². The molecule has 5 heteroatoms. The van der Waals surface area contributed by atoms with Crippen molar-refractivity contribution in [3.05, 3.63) is 58.6 Å². The van der Waals surface area contributed by atoms with Gasteiger partial charge >= 0.3 is 5.97 Å². The monoisotopic (exact) mass is 292 g/mol. The van der Waals surface area contributed by atoms with Crippen LogP contribution in [0.15, 0.2) is 42.5 Å². The minimum absolute atomic E-state index is 0.0268. The molecule has 0 amide bonds. The first-order valence-electron chi connectivity index (χ1n) is 5.88. The van der Waals surface area contributed by atoms with Crippen LogP contribution in [0, 0.1) is 0 Å². The molecule has 0 radical (unpaired) electrons. The zero-order chi connectivity index (χ0) is 14.5. The van der Waals surface area contributed by atoms with Crippen LogP contribution in [0.1, 0.15) is 15.9 Å². The highest BCUT2D eigenvalue weighted by atomic mass is 35.5. The number of rotatable bonds is 5. The topological polar surface area (TPSA) is 55.8 Å². The molecule has 0 saturated heterocycles. The van der Waals surface area contributed by atoms with Gasteiger partial charge < -0.3 is 14.6 Å². The molecule has 2 rings (SSSR count). The second-order valence-corrected chi connectivity index (χ2v) is 4.49. The van der Waals surface area contributed by atoms with Crippen LogP contribution < -0.4 is 9.47 Å². The Morgan fingerprint density at radius 2 is 1.80 bits per heavy atom. The number of ether oxygens (including phenoxy) is 2. The Hall–Kier alpha value is -2.20. The van der Waals surface area contributed by atoms with Crippen molar-refractivity contribution in [1.29, 1.82) is 0 Å². The van der Waals surface area contributed by atoms with Gasteiger partial charge in [0.15, 0.2) is 0 Å². The van der Waals surface area contributed by atoms with Gasteiger partial charge in [-0.05, 0) is 35.9 Å². The third kappa shape index (κ3) is 3.42. The van der Waals surface area contributed by atoms with Crippen LogP contribution in [0.5, 0.6) is 11.5 Å². The zero-order valence-electron chi connectivity index (χ0n) is 10.8. The molecule has 4 nitrogen and oxygen atoms in total. The highest BCUT2D eigenvalue weighted by Crippen LogP contribution is 2.23. The maximum Gasteiger partial charge on any atom is 0.337 e. The third-order valence-electron chi connectivity index (χ3n) is 2.73. The molecule has 0 fully saturated rings. The highest BCUT2D eigenvalue weighted by molar-refractivity contribution is 6.33. The molecule has 0 aliphatic rings. The van der Waals surface area contributed by atoms with Gasteiger partial charge in [-0.1, -0.05) is 23.7 Å². The fourth-order valence-electron chi connectivity index (χ4n) is 1.65. The van der Waals surface area contributed by atoms with Crippen LogP contribution in [-0.4, -0.2) is 18.2 Å². The fraction of sp³-hybridized carbons (Fsp3) is 0.133. The Kier molecular flexibility index (Phi) is 4.48. The van der Waals surface area contributed by atoms with E-state index in [-0.39, 0.29) is 10.6 Å². The van der Waals surface area contributed by atoms with Gasteiger partial charge in [0.1, 0.15) is 18.1 Å². The predicted octanol–water partition coefficient (Wildman–Crippen LogP) is 3.63. The molecule has 0 aliphatic heterocycles. The van der Waals surface area contributed by atoms with E-state index in [2.05, 4.69) is 0 Å². The summed E-state index contributed by atoms with van der Waals surface area (Å²) in [6, 6.07) is 12.0. The Labute approximate surface area is 121 Å². The second kappa shape index (κ2) is 6.30. The van der Waals surface area contributed by atoms with Crippen molar-refractivity contribution in [3.63, 3.8) is 0 Å². The first-order valence-corrected chi connectivity index (χ1v) is 6.26. The number of hydrogen-bond acceptors (Lipinski definition) is 3. The maximum atomic E-state index is 11.0. The lowest BCUT2D eigenvalue weighted by atomic mass is 10.2. The van der Waals surface area contributed by atoms with Crippen molar-refractivity contribution >= 4 is 17.6 Å². The van der Waals surface area contributed by atoms with Crippen molar-refractivity contribution < 1.29 is 19.4 Å². The molecule has 0 unspecified atom stereocenters. The number of benzene rings is 2. The first-order chi connectivity index (χ1) is 9.60. The van der Waals surface area contributed by atoms with E-state index in [4.69, 9.17) is 26.2 Å². The molecule has 0 spiro atoms. The minimum atomic E-state index is -1.08. The summed E-state index contributed by atoms with van der Waals surface area (Å²) in [5, 5.41) is 9.17. The summed E-state index contributed by atoms with van der Waals surface area (Å²) in [4.78, 5) is 11.0. The average molecular weight is 293 g/mol. The Morgan fingerprint density at radius 1 is 1.15 bits per heavy atom. The van der Waals surface area contributed by atoms with Gasteiger partial charge in [-0.15, -0.1) is 0 Å². The van der Waals surface area contributed by atoms with Gasteiger partial charge in [-0.25, -0.2) is 4.79 Å². The number of halogens is 1. The molecule has 1 N–H and O–H groups in total. The molecule has 0 heterocycles. The van der Waals surface area contributed by atoms with Crippen LogP contribution >= 0.6 is 11.6 Å². The van der Waals surface area contributed by atoms with Crippen LogP contribution in [0.4, 0.5) is 0 Å². The average Bonchev–Trinajstić information content (AvgIpc) is 2.46. The molecule has 0 saturated carbocycles. The van der Waals surface area contributed by atoms with E-state index in [1.54, 1.807) is 13.2 Å². The number of aromatic carboxylic acids is 1. The van der Waals surface area contributed by atoms with E-state index in [1.165, 1.54) is 12.1 Å². The van der Waals surface area contributed by atoms with E-state index >= 15 is 0 Å². The summed E-state index contributed by atoms with van der Waals surface area (Å²) in [6.07, 6.45) is 0. The van der Waals surface area contributed by atoms with Gasteiger partial charge in [0.05, 0.1) is 17.7 Å². The molecule has 2 aromatic rings. The number of methoxy groups -OCH3 is 1. The van der Waals surface area contributed by atoms with Crippen molar-refractivity contribution in [2.45, 2.75) is 6.61 Å². The molecule has 0 aliphatic carbocycles. The summed E-state index contributed by atoms with van der Waals surface area (Å²) in [5.74, 6) is 0.154. The van der Waals surface area contributed by atoms with Crippen LogP contribution in [0.3, 0.4) is 0 Å². The lowest BCUT2D eigenvalue weighted by Crippen LogP contribution is -2.00. The molecule has 0 atom stereocenters. The molecular weight excluding hydrogens is 280 g/mol. The molecular formula is C15H13ClO4. The number of carboxylic acid groups (broad SMARTS) is 1. The van der Waals surface area contributed by atoms with E-state index < -0.39 is 5.97 Å². The molecule has 2 aromatic carbocycles. The molecule has 0 aromatic heterocycles. The largest absolute Gasteiger partial charge is 0.497 e. The number of hydrogen-bond donors (Lipinski definition) is 1. The van der Waals surface area contributed by atoms with Crippen LogP contribution in [0.2, 0.25) is 5.02 Å². The smallest absolute Gasteiger partial charge is 0.337 e. The third-order valence-corrected chi connectivity index (χ3v) is 3.06. The Morgan fingerprint density at radius 3 is 2.40 bits per heavy atom. The molecule has 104 valence electrons. The predicted molar refractivity (Wildman–Crippen MR) is 75.7 cm³/mol. The SMILES string of the molecule is COc1ccc(COc2ccc(Cl)c(C(=O)O)c2)cc1. The van der Waals surface area contributed by atoms with Crippen LogP contribution in [-0.2, 0) is 6.61 Å².